The Morgan fingerprint density at radius 1 is 1.80 bits per heavy atom. The maximum Gasteiger partial charge on any atom is 0.321 e. The molecule has 0 aliphatic heterocycles. The van der Waals surface area contributed by atoms with E-state index >= 15 is 0 Å². The molecular formula is C5H10ClNO3. The molecule has 0 aromatic heterocycles. The molecule has 0 saturated carbocycles. The van der Waals surface area contributed by atoms with Crippen LogP contribution in [-0.4, -0.2) is 30.5 Å². The molecule has 1 atom stereocenters. The van der Waals surface area contributed by atoms with Crippen LogP contribution in [-0.2, 0) is 9.59 Å². The molecule has 0 aliphatic carbocycles. The molecule has 0 saturated heterocycles. The van der Waals surface area contributed by atoms with Gasteiger partial charge in [-0.05, 0) is 7.05 Å². The van der Waals surface area contributed by atoms with Gasteiger partial charge in [-0.15, -0.1) is 12.4 Å². The maximum absolute atomic E-state index is 10.1. The molecule has 0 aromatic rings. The number of hydrogen-bond acceptors (Lipinski definition) is 3. The second kappa shape index (κ2) is 6.51. The van der Waals surface area contributed by atoms with Crippen LogP contribution in [0.1, 0.15) is 6.42 Å². The molecule has 60 valence electrons. The van der Waals surface area contributed by atoms with Gasteiger partial charge < -0.3 is 15.2 Å². The Kier molecular flexibility index (Phi) is 7.88. The van der Waals surface area contributed by atoms with Crippen LogP contribution in [0, 0.1) is 0 Å². The van der Waals surface area contributed by atoms with Gasteiger partial charge in [0.15, 0.2) is 0 Å². The Hall–Kier alpha value is -0.610. The van der Waals surface area contributed by atoms with Crippen LogP contribution in [0.2, 0.25) is 0 Å². The molecule has 0 bridgehead atoms. The van der Waals surface area contributed by atoms with E-state index in [1.54, 1.807) is 0 Å². The summed E-state index contributed by atoms with van der Waals surface area (Å²) in [6, 6.07) is -0.734. The molecule has 0 heterocycles. The standard InChI is InChI=1S/C5H9NO3.ClH/c1-6-4(2-3-7)5(8)9;/h3-4,6H,2H2,1H3,(H,8,9);1H. The smallest absolute Gasteiger partial charge is 0.321 e. The fourth-order valence-electron chi connectivity index (χ4n) is 0.438. The molecular weight excluding hydrogens is 158 g/mol. The third-order valence-corrected chi connectivity index (χ3v) is 0.978. The molecule has 1 unspecified atom stereocenters. The predicted octanol–water partition coefficient (Wildman–Crippen LogP) is -0.330. The number of carboxylic acid groups (broad SMARTS) is 1. The van der Waals surface area contributed by atoms with Crippen LogP contribution in [0.4, 0.5) is 0 Å². The van der Waals surface area contributed by atoms with E-state index in [1.807, 2.05) is 0 Å². The lowest BCUT2D eigenvalue weighted by Crippen LogP contribution is -2.33. The molecule has 0 radical (unpaired) electrons. The highest BCUT2D eigenvalue weighted by molar-refractivity contribution is 5.85. The van der Waals surface area contributed by atoms with E-state index in [-0.39, 0.29) is 18.8 Å². The van der Waals surface area contributed by atoms with E-state index in [4.69, 9.17) is 5.11 Å². The van der Waals surface area contributed by atoms with Gasteiger partial charge in [-0.1, -0.05) is 0 Å². The van der Waals surface area contributed by atoms with Crippen molar-refractivity contribution in [3.8, 4) is 0 Å². The monoisotopic (exact) mass is 167 g/mol. The first-order valence-electron chi connectivity index (χ1n) is 2.56. The second-order valence-corrected chi connectivity index (χ2v) is 1.58. The normalized spacial score (nSPS) is 11.3. The van der Waals surface area contributed by atoms with E-state index in [0.29, 0.717) is 6.29 Å². The predicted molar refractivity (Wildman–Crippen MR) is 38.4 cm³/mol. The van der Waals surface area contributed by atoms with Gasteiger partial charge in [-0.25, -0.2) is 0 Å². The summed E-state index contributed by atoms with van der Waals surface area (Å²) in [6.07, 6.45) is 0.598. The first kappa shape index (κ1) is 12.1. The van der Waals surface area contributed by atoms with Crippen molar-refractivity contribution in [3.63, 3.8) is 0 Å². The van der Waals surface area contributed by atoms with Gasteiger partial charge in [0.25, 0.3) is 0 Å². The lowest BCUT2D eigenvalue weighted by atomic mass is 10.2. The fourth-order valence-corrected chi connectivity index (χ4v) is 0.438. The summed E-state index contributed by atoms with van der Waals surface area (Å²) in [5.74, 6) is -0.996. The van der Waals surface area contributed by atoms with Crippen LogP contribution in [0.25, 0.3) is 0 Å². The van der Waals surface area contributed by atoms with E-state index in [9.17, 15) is 9.59 Å². The minimum Gasteiger partial charge on any atom is -0.480 e. The molecule has 10 heavy (non-hydrogen) atoms. The highest BCUT2D eigenvalue weighted by Gasteiger charge is 2.12. The number of nitrogens with one attached hydrogen (secondary N) is 1. The van der Waals surface area contributed by atoms with Gasteiger partial charge in [0.2, 0.25) is 0 Å². The van der Waals surface area contributed by atoms with Crippen LogP contribution in [0.5, 0.6) is 0 Å². The zero-order chi connectivity index (χ0) is 7.28. The molecule has 0 aromatic carbocycles. The third-order valence-electron chi connectivity index (χ3n) is 0.978. The number of carbonyl (C=O) groups is 2. The number of hydrogen-bond donors (Lipinski definition) is 2. The van der Waals surface area contributed by atoms with Gasteiger partial charge >= 0.3 is 5.97 Å². The highest BCUT2D eigenvalue weighted by atomic mass is 35.5. The maximum atomic E-state index is 10.1. The number of aldehydes is 1. The van der Waals surface area contributed by atoms with Crippen molar-refractivity contribution in [1.29, 1.82) is 0 Å². The molecule has 4 nitrogen and oxygen atoms in total. The molecule has 0 amide bonds. The lowest BCUT2D eigenvalue weighted by molar-refractivity contribution is -0.140. The summed E-state index contributed by atoms with van der Waals surface area (Å²) in [5, 5.41) is 10.8. The van der Waals surface area contributed by atoms with Crippen molar-refractivity contribution in [2.75, 3.05) is 7.05 Å². The third kappa shape index (κ3) is 4.29. The number of halogens is 1. The largest absolute Gasteiger partial charge is 0.480 e. The van der Waals surface area contributed by atoms with Crippen molar-refractivity contribution in [2.45, 2.75) is 12.5 Å². The van der Waals surface area contributed by atoms with Crippen LogP contribution >= 0.6 is 12.4 Å². The summed E-state index contributed by atoms with van der Waals surface area (Å²) in [6.45, 7) is 0. The fraction of sp³-hybridized carbons (Fsp3) is 0.600. The van der Waals surface area contributed by atoms with Crippen molar-refractivity contribution in [2.24, 2.45) is 0 Å². The lowest BCUT2D eigenvalue weighted by Gasteiger charge is -2.04. The highest BCUT2D eigenvalue weighted by Crippen LogP contribution is 1.85. The average Bonchev–Trinajstić information content (AvgIpc) is 1.82. The number of carboxylic acids is 1. The number of aliphatic carboxylic acids is 1. The van der Waals surface area contributed by atoms with E-state index < -0.39 is 12.0 Å². The molecule has 0 aliphatic rings. The Morgan fingerprint density at radius 2 is 2.30 bits per heavy atom. The Labute approximate surface area is 65.0 Å². The van der Waals surface area contributed by atoms with E-state index in [2.05, 4.69) is 5.32 Å². The number of likely N-dealkylation sites (N-methyl/N-ethyl adjacent to an activating group) is 1. The quantitative estimate of drug-likeness (QED) is 0.563. The van der Waals surface area contributed by atoms with Gasteiger partial charge in [0, 0.05) is 6.42 Å². The summed E-state index contributed by atoms with van der Waals surface area (Å²) >= 11 is 0. The van der Waals surface area contributed by atoms with Gasteiger partial charge in [0.1, 0.15) is 12.3 Å². The first-order chi connectivity index (χ1) is 4.22. The Balaban J connectivity index is 0. The van der Waals surface area contributed by atoms with Crippen molar-refractivity contribution in [3.05, 3.63) is 0 Å². The summed E-state index contributed by atoms with van der Waals surface area (Å²) in [5.41, 5.74) is 0. The average molecular weight is 168 g/mol. The zero-order valence-electron chi connectivity index (χ0n) is 5.53. The minimum atomic E-state index is -0.996. The number of carbonyl (C=O) groups excluding carboxylic acids is 1. The van der Waals surface area contributed by atoms with Gasteiger partial charge in [-0.2, -0.15) is 0 Å². The van der Waals surface area contributed by atoms with Crippen molar-refractivity contribution in [1.82, 2.24) is 5.32 Å². The Morgan fingerprint density at radius 3 is 2.40 bits per heavy atom. The van der Waals surface area contributed by atoms with Gasteiger partial charge in [0.05, 0.1) is 0 Å². The molecule has 0 rings (SSSR count). The molecule has 0 fully saturated rings. The summed E-state index contributed by atoms with van der Waals surface area (Å²) in [4.78, 5) is 19.9. The Bertz CT molecular complexity index is 117. The zero-order valence-corrected chi connectivity index (χ0v) is 6.35. The van der Waals surface area contributed by atoms with E-state index in [1.165, 1.54) is 7.05 Å². The van der Waals surface area contributed by atoms with Gasteiger partial charge in [-0.3, -0.25) is 4.79 Å². The first-order valence-corrected chi connectivity index (χ1v) is 2.56. The molecule has 2 N–H and O–H groups in total. The van der Waals surface area contributed by atoms with Crippen LogP contribution < -0.4 is 5.32 Å². The topological polar surface area (TPSA) is 66.4 Å². The minimum absolute atomic E-state index is 0. The second-order valence-electron chi connectivity index (χ2n) is 1.58. The summed E-state index contributed by atoms with van der Waals surface area (Å²) in [7, 11) is 1.50. The number of rotatable bonds is 4. The van der Waals surface area contributed by atoms with E-state index in [0.717, 1.165) is 0 Å². The van der Waals surface area contributed by atoms with Crippen molar-refractivity contribution < 1.29 is 14.7 Å². The molecule has 5 heteroatoms. The van der Waals surface area contributed by atoms with Crippen LogP contribution in [0.15, 0.2) is 0 Å². The summed E-state index contributed by atoms with van der Waals surface area (Å²) < 4.78 is 0. The van der Waals surface area contributed by atoms with Crippen LogP contribution in [0.3, 0.4) is 0 Å². The molecule has 0 spiro atoms. The SMILES string of the molecule is CNC(CC=O)C(=O)O.Cl. The van der Waals surface area contributed by atoms with Crippen molar-refractivity contribution >= 4 is 24.7 Å².